The van der Waals surface area contributed by atoms with Crippen molar-refractivity contribution >= 4 is 46.8 Å². The van der Waals surface area contributed by atoms with E-state index < -0.39 is 40.7 Å². The fourth-order valence-corrected chi connectivity index (χ4v) is 5.82. The second-order valence-electron chi connectivity index (χ2n) is 9.31. The van der Waals surface area contributed by atoms with Crippen LogP contribution < -0.4 is 4.90 Å². The molecule has 0 aliphatic carbocycles. The molecule has 6 rings (SSSR count). The van der Waals surface area contributed by atoms with Crippen molar-refractivity contribution in [3.05, 3.63) is 104 Å². The number of hydrogen-bond acceptors (Lipinski definition) is 7. The number of carbonyl (C=O) groups excluding carboxylic acids is 3. The van der Waals surface area contributed by atoms with Crippen molar-refractivity contribution in [2.24, 2.45) is 16.9 Å². The molecular formula is C27H19ClN4O5. The predicted molar refractivity (Wildman–Crippen MR) is 135 cm³/mol. The number of halogens is 1. The number of nitro benzene ring substituents is 1. The first kappa shape index (κ1) is 23.1. The van der Waals surface area contributed by atoms with Crippen LogP contribution in [0.5, 0.6) is 0 Å². The minimum atomic E-state index is -1.01. The predicted octanol–water partition coefficient (Wildman–Crippen LogP) is 4.32. The van der Waals surface area contributed by atoms with Crippen LogP contribution in [-0.2, 0) is 9.59 Å². The maximum Gasteiger partial charge on any atom is 0.269 e. The van der Waals surface area contributed by atoms with Gasteiger partial charge >= 0.3 is 0 Å². The summed E-state index contributed by atoms with van der Waals surface area (Å²) in [5.41, 5.74) is 2.52. The first-order chi connectivity index (χ1) is 17.8. The van der Waals surface area contributed by atoms with Crippen LogP contribution in [0.1, 0.15) is 33.1 Å². The Morgan fingerprint density at radius 2 is 1.70 bits per heavy atom. The second-order valence-corrected chi connectivity index (χ2v) is 9.74. The van der Waals surface area contributed by atoms with Gasteiger partial charge in [0.05, 0.1) is 34.7 Å². The lowest BCUT2D eigenvalue weighted by Crippen LogP contribution is -2.44. The van der Waals surface area contributed by atoms with Gasteiger partial charge in [0.2, 0.25) is 11.8 Å². The van der Waals surface area contributed by atoms with Gasteiger partial charge in [0.15, 0.2) is 5.78 Å². The van der Waals surface area contributed by atoms with Gasteiger partial charge in [-0.25, -0.2) is 4.90 Å². The second kappa shape index (κ2) is 8.35. The summed E-state index contributed by atoms with van der Waals surface area (Å²) >= 11 is 6.01. The maximum atomic E-state index is 13.9. The largest absolute Gasteiger partial charge is 0.292 e. The molecule has 37 heavy (non-hydrogen) atoms. The highest BCUT2D eigenvalue weighted by molar-refractivity contribution is 6.30. The molecule has 0 saturated carbocycles. The third-order valence-corrected chi connectivity index (χ3v) is 7.57. The Bertz CT molecular complexity index is 1540. The van der Waals surface area contributed by atoms with Crippen LogP contribution in [0.3, 0.4) is 0 Å². The van der Waals surface area contributed by atoms with Gasteiger partial charge in [-0.2, -0.15) is 5.10 Å². The number of nitro groups is 1. The molecular weight excluding hydrogens is 496 g/mol. The number of non-ortho nitro benzene ring substituents is 1. The molecule has 3 aromatic carbocycles. The van der Waals surface area contributed by atoms with Gasteiger partial charge in [-0.3, -0.25) is 29.5 Å². The van der Waals surface area contributed by atoms with Crippen LogP contribution in [-0.4, -0.2) is 39.8 Å². The molecule has 2 fully saturated rings. The molecule has 0 unspecified atom stereocenters. The molecule has 0 bridgehead atoms. The lowest BCUT2D eigenvalue weighted by molar-refractivity contribution is -0.384. The lowest BCUT2D eigenvalue weighted by Gasteiger charge is -2.34. The molecule has 0 aromatic heterocycles. The number of nitrogens with zero attached hydrogens (tertiary/aromatic N) is 4. The summed E-state index contributed by atoms with van der Waals surface area (Å²) < 4.78 is 0. The van der Waals surface area contributed by atoms with Crippen molar-refractivity contribution in [3.8, 4) is 0 Å². The third kappa shape index (κ3) is 3.38. The highest BCUT2D eigenvalue weighted by atomic mass is 35.5. The van der Waals surface area contributed by atoms with Gasteiger partial charge in [0, 0.05) is 22.7 Å². The fraction of sp³-hybridized carbons (Fsp3) is 0.185. The molecule has 0 spiro atoms. The van der Waals surface area contributed by atoms with Gasteiger partial charge in [-0.15, -0.1) is 0 Å². The Morgan fingerprint density at radius 3 is 2.41 bits per heavy atom. The summed E-state index contributed by atoms with van der Waals surface area (Å²) in [6.07, 6.45) is 1.64. The Balaban J connectivity index is 1.49. The zero-order chi connectivity index (χ0) is 26.0. The highest BCUT2D eigenvalue weighted by Gasteiger charge is 2.65. The van der Waals surface area contributed by atoms with Crippen LogP contribution in [0.2, 0.25) is 5.02 Å². The van der Waals surface area contributed by atoms with E-state index in [1.54, 1.807) is 42.4 Å². The van der Waals surface area contributed by atoms with Crippen molar-refractivity contribution in [1.82, 2.24) is 5.01 Å². The molecule has 3 aliphatic rings. The van der Waals surface area contributed by atoms with E-state index in [-0.39, 0.29) is 17.2 Å². The number of ketones is 1. The molecule has 2 amide bonds. The summed E-state index contributed by atoms with van der Waals surface area (Å²) in [6, 6.07) is 16.2. The number of aryl methyl sites for hydroxylation is 1. The van der Waals surface area contributed by atoms with Gasteiger partial charge < -0.3 is 0 Å². The SMILES string of the molecule is Cc1cc([N+](=O)[O-])ccc1N1C(=O)[C@@H]2[C@H](C1=O)[C@@H]1c3ccccc3C=NN1[C@H]2C(=O)c1ccc(Cl)cc1. The van der Waals surface area contributed by atoms with Gasteiger partial charge in [0.1, 0.15) is 6.04 Å². The topological polar surface area (TPSA) is 113 Å². The average molecular weight is 515 g/mol. The minimum absolute atomic E-state index is 0.141. The number of amides is 2. The van der Waals surface area contributed by atoms with E-state index in [4.69, 9.17) is 11.6 Å². The van der Waals surface area contributed by atoms with E-state index in [0.29, 0.717) is 16.1 Å². The van der Waals surface area contributed by atoms with E-state index in [1.807, 2.05) is 24.3 Å². The van der Waals surface area contributed by atoms with Crippen molar-refractivity contribution < 1.29 is 19.3 Å². The van der Waals surface area contributed by atoms with Crippen LogP contribution in [0.15, 0.2) is 71.8 Å². The molecule has 0 radical (unpaired) electrons. The van der Waals surface area contributed by atoms with E-state index in [0.717, 1.165) is 16.0 Å². The number of anilines is 1. The zero-order valence-corrected chi connectivity index (χ0v) is 20.2. The molecule has 10 heteroatoms. The number of rotatable bonds is 4. The minimum Gasteiger partial charge on any atom is -0.292 e. The molecule has 2 saturated heterocycles. The fourth-order valence-electron chi connectivity index (χ4n) is 5.69. The molecule has 3 aliphatic heterocycles. The molecule has 0 N–H and O–H groups in total. The molecule has 3 heterocycles. The molecule has 3 aromatic rings. The summed E-state index contributed by atoms with van der Waals surface area (Å²) in [6.45, 7) is 1.61. The van der Waals surface area contributed by atoms with Crippen LogP contribution >= 0.6 is 11.6 Å². The summed E-state index contributed by atoms with van der Waals surface area (Å²) in [4.78, 5) is 53.5. The Morgan fingerprint density at radius 1 is 1.00 bits per heavy atom. The van der Waals surface area contributed by atoms with Crippen molar-refractivity contribution in [3.63, 3.8) is 0 Å². The first-order valence-corrected chi connectivity index (χ1v) is 12.0. The summed E-state index contributed by atoms with van der Waals surface area (Å²) in [5.74, 6) is -3.17. The Kier molecular flexibility index (Phi) is 5.20. The standard InChI is InChI=1S/C27H19ClN4O5/c1-14-12-18(32(36)37)10-11-20(14)30-26(34)21-22(27(30)35)24(25(33)15-6-8-17(28)9-7-15)31-23(21)19-5-3-2-4-16(19)13-29-31/h2-13,21-24H,1H3/t21-,22+,23-,24+/m0/s1. The van der Waals surface area contributed by atoms with Gasteiger partial charge in [-0.1, -0.05) is 35.9 Å². The molecule has 4 atom stereocenters. The highest BCUT2D eigenvalue weighted by Crippen LogP contribution is 2.53. The van der Waals surface area contributed by atoms with Crippen molar-refractivity contribution in [1.29, 1.82) is 0 Å². The third-order valence-electron chi connectivity index (χ3n) is 7.32. The number of Topliss-reactive ketones (excluding diaryl/α,β-unsaturated/α-hetero) is 1. The quantitative estimate of drug-likeness (QED) is 0.222. The molecule has 9 nitrogen and oxygen atoms in total. The Labute approximate surface area is 216 Å². The van der Waals surface area contributed by atoms with Gasteiger partial charge in [0.25, 0.3) is 5.69 Å². The number of hydrazone groups is 1. The van der Waals surface area contributed by atoms with Crippen molar-refractivity contribution in [2.45, 2.75) is 19.0 Å². The summed E-state index contributed by atoms with van der Waals surface area (Å²) in [7, 11) is 0. The number of imide groups is 1. The first-order valence-electron chi connectivity index (χ1n) is 11.6. The number of benzene rings is 3. The van der Waals surface area contributed by atoms with Crippen molar-refractivity contribution in [2.75, 3.05) is 4.90 Å². The monoisotopic (exact) mass is 514 g/mol. The van der Waals surface area contributed by atoms with Gasteiger partial charge in [-0.05, 0) is 53.9 Å². The number of hydrogen-bond donors (Lipinski definition) is 0. The lowest BCUT2D eigenvalue weighted by atomic mass is 9.83. The number of fused-ring (bicyclic) bond motifs is 5. The smallest absolute Gasteiger partial charge is 0.269 e. The molecule has 184 valence electrons. The van der Waals surface area contributed by atoms with Crippen LogP contribution in [0.25, 0.3) is 0 Å². The van der Waals surface area contributed by atoms with Crippen LogP contribution in [0.4, 0.5) is 11.4 Å². The van der Waals surface area contributed by atoms with E-state index in [2.05, 4.69) is 5.10 Å². The maximum absolute atomic E-state index is 13.9. The number of carbonyl (C=O) groups is 3. The van der Waals surface area contributed by atoms with Crippen LogP contribution in [0, 0.1) is 28.9 Å². The summed E-state index contributed by atoms with van der Waals surface area (Å²) in [5, 5.41) is 17.8. The zero-order valence-electron chi connectivity index (χ0n) is 19.4. The normalized spacial score (nSPS) is 23.6. The van der Waals surface area contributed by atoms with E-state index in [1.165, 1.54) is 18.2 Å². The average Bonchev–Trinajstić information content (AvgIpc) is 3.36. The van der Waals surface area contributed by atoms with E-state index >= 15 is 0 Å². The van der Waals surface area contributed by atoms with E-state index in [9.17, 15) is 24.5 Å². The Hall–Kier alpha value is -4.37.